The predicted molar refractivity (Wildman–Crippen MR) is 124 cm³/mol. The quantitative estimate of drug-likeness (QED) is 0.686. The number of carbonyl (C=O) groups excluding carboxylic acids is 1. The first kappa shape index (κ1) is 21.6. The molecule has 32 heavy (non-hydrogen) atoms. The van der Waals surface area contributed by atoms with Crippen LogP contribution in [0.5, 0.6) is 11.5 Å². The third-order valence-electron chi connectivity index (χ3n) is 6.86. The van der Waals surface area contributed by atoms with E-state index in [9.17, 15) is 4.79 Å². The normalized spacial score (nSPS) is 22.2. The molecule has 3 aliphatic heterocycles. The standard InChI is InChI=1S/C25H30ClN3O3/c26-22-4-2-1-3-20(22)17-29-10-9-21(6-8-25(29)30)28-13-11-27(12-14-28)16-19-5-7-23-24(15-19)32-18-31-23/h1-5,7,15,21H,6,8-14,16-18H2/t21-/m0/s1. The number of halogens is 1. The highest BCUT2D eigenvalue weighted by molar-refractivity contribution is 6.31. The van der Waals surface area contributed by atoms with E-state index in [1.54, 1.807) is 0 Å². The van der Waals surface area contributed by atoms with Gasteiger partial charge in [0.15, 0.2) is 11.5 Å². The van der Waals surface area contributed by atoms with Crippen molar-refractivity contribution in [2.45, 2.75) is 38.4 Å². The molecular weight excluding hydrogens is 426 g/mol. The van der Waals surface area contributed by atoms with Gasteiger partial charge in [-0.05, 0) is 42.2 Å². The molecule has 0 aromatic heterocycles. The van der Waals surface area contributed by atoms with Crippen LogP contribution in [0.3, 0.4) is 0 Å². The van der Waals surface area contributed by atoms with E-state index in [-0.39, 0.29) is 5.91 Å². The van der Waals surface area contributed by atoms with Crippen LogP contribution in [-0.2, 0) is 17.9 Å². The molecule has 2 fully saturated rings. The second-order valence-corrected chi connectivity index (χ2v) is 9.29. The maximum Gasteiger partial charge on any atom is 0.231 e. The Morgan fingerprint density at radius 1 is 0.906 bits per heavy atom. The molecule has 170 valence electrons. The summed E-state index contributed by atoms with van der Waals surface area (Å²) in [6, 6.07) is 14.5. The Balaban J connectivity index is 1.12. The lowest BCUT2D eigenvalue weighted by Crippen LogP contribution is -2.50. The van der Waals surface area contributed by atoms with E-state index >= 15 is 0 Å². The summed E-state index contributed by atoms with van der Waals surface area (Å²) in [6.45, 7) is 6.84. The molecule has 0 saturated carbocycles. The zero-order valence-corrected chi connectivity index (χ0v) is 19.1. The third kappa shape index (κ3) is 4.87. The van der Waals surface area contributed by atoms with E-state index in [2.05, 4.69) is 21.9 Å². The second-order valence-electron chi connectivity index (χ2n) is 8.89. The first-order valence-electron chi connectivity index (χ1n) is 11.5. The molecule has 0 bridgehead atoms. The van der Waals surface area contributed by atoms with Crippen molar-refractivity contribution in [3.63, 3.8) is 0 Å². The van der Waals surface area contributed by atoms with Gasteiger partial charge in [-0.2, -0.15) is 0 Å². The van der Waals surface area contributed by atoms with Crippen LogP contribution in [0.15, 0.2) is 42.5 Å². The van der Waals surface area contributed by atoms with Crippen LogP contribution >= 0.6 is 11.6 Å². The fraction of sp³-hybridized carbons (Fsp3) is 0.480. The number of piperazine rings is 1. The number of hydrogen-bond acceptors (Lipinski definition) is 5. The van der Waals surface area contributed by atoms with Gasteiger partial charge in [-0.15, -0.1) is 0 Å². The van der Waals surface area contributed by atoms with Crippen molar-refractivity contribution in [2.24, 2.45) is 0 Å². The minimum Gasteiger partial charge on any atom is -0.454 e. The minimum atomic E-state index is 0.244. The molecule has 0 radical (unpaired) electrons. The van der Waals surface area contributed by atoms with Gasteiger partial charge in [-0.1, -0.05) is 35.9 Å². The predicted octanol–water partition coefficient (Wildman–Crippen LogP) is 3.77. The molecular formula is C25H30ClN3O3. The Bertz CT molecular complexity index is 961. The monoisotopic (exact) mass is 455 g/mol. The molecule has 6 nitrogen and oxygen atoms in total. The van der Waals surface area contributed by atoms with Crippen LogP contribution in [0, 0.1) is 0 Å². The number of carbonyl (C=O) groups is 1. The van der Waals surface area contributed by atoms with E-state index < -0.39 is 0 Å². The van der Waals surface area contributed by atoms with E-state index in [0.29, 0.717) is 25.8 Å². The number of amides is 1. The first-order valence-corrected chi connectivity index (χ1v) is 11.9. The van der Waals surface area contributed by atoms with Gasteiger partial charge in [-0.25, -0.2) is 0 Å². The second kappa shape index (κ2) is 9.69. The van der Waals surface area contributed by atoms with E-state index in [0.717, 1.165) is 74.2 Å². The molecule has 2 aromatic rings. The van der Waals surface area contributed by atoms with E-state index in [4.69, 9.17) is 21.1 Å². The molecule has 3 heterocycles. The number of nitrogens with zero attached hydrogens (tertiary/aromatic N) is 3. The fourth-order valence-electron chi connectivity index (χ4n) is 4.97. The summed E-state index contributed by atoms with van der Waals surface area (Å²) in [5.74, 6) is 1.93. The van der Waals surface area contributed by atoms with Gasteiger partial charge < -0.3 is 14.4 Å². The van der Waals surface area contributed by atoms with E-state index in [1.807, 2.05) is 35.2 Å². The number of ether oxygens (including phenoxy) is 2. The smallest absolute Gasteiger partial charge is 0.231 e. The zero-order valence-electron chi connectivity index (χ0n) is 18.3. The van der Waals surface area contributed by atoms with E-state index in [1.165, 1.54) is 5.56 Å². The lowest BCUT2D eigenvalue weighted by molar-refractivity contribution is -0.131. The van der Waals surface area contributed by atoms with Gasteiger partial charge in [-0.3, -0.25) is 14.6 Å². The molecule has 1 atom stereocenters. The highest BCUT2D eigenvalue weighted by atomic mass is 35.5. The minimum absolute atomic E-state index is 0.244. The van der Waals surface area contributed by atoms with Crippen molar-refractivity contribution in [1.82, 2.24) is 14.7 Å². The Morgan fingerprint density at radius 2 is 1.72 bits per heavy atom. The molecule has 0 spiro atoms. The maximum absolute atomic E-state index is 12.7. The highest BCUT2D eigenvalue weighted by Crippen LogP contribution is 2.33. The number of hydrogen-bond donors (Lipinski definition) is 0. The number of likely N-dealkylation sites (tertiary alicyclic amines) is 1. The van der Waals surface area contributed by atoms with Gasteiger partial charge >= 0.3 is 0 Å². The number of fused-ring (bicyclic) bond motifs is 1. The first-order chi connectivity index (χ1) is 15.7. The Kier molecular flexibility index (Phi) is 6.53. The molecule has 7 heteroatoms. The fourth-order valence-corrected chi connectivity index (χ4v) is 5.17. The molecule has 2 aromatic carbocycles. The third-order valence-corrected chi connectivity index (χ3v) is 7.23. The van der Waals surface area contributed by atoms with Gasteiger partial charge in [0.05, 0.1) is 0 Å². The van der Waals surface area contributed by atoms with Crippen LogP contribution in [0.25, 0.3) is 0 Å². The van der Waals surface area contributed by atoms with Gasteiger partial charge in [0.25, 0.3) is 0 Å². The average molecular weight is 456 g/mol. The Hall–Kier alpha value is -2.28. The van der Waals surface area contributed by atoms with Crippen molar-refractivity contribution < 1.29 is 14.3 Å². The summed E-state index contributed by atoms with van der Waals surface area (Å²) in [4.78, 5) is 19.8. The van der Waals surface area contributed by atoms with Gasteiger partial charge in [0, 0.05) is 63.3 Å². The SMILES string of the molecule is O=C1CC[C@H](N2CCN(Cc3ccc4c(c3)OCO4)CC2)CCN1Cc1ccccc1Cl. The van der Waals surface area contributed by atoms with Crippen LogP contribution in [0.1, 0.15) is 30.4 Å². The molecule has 0 unspecified atom stereocenters. The lowest BCUT2D eigenvalue weighted by atomic mass is 10.1. The van der Waals surface area contributed by atoms with Crippen molar-refractivity contribution >= 4 is 17.5 Å². The van der Waals surface area contributed by atoms with Crippen LogP contribution in [0.2, 0.25) is 5.02 Å². The Morgan fingerprint density at radius 3 is 2.56 bits per heavy atom. The molecule has 2 saturated heterocycles. The van der Waals surface area contributed by atoms with Gasteiger partial charge in [0.1, 0.15) is 0 Å². The van der Waals surface area contributed by atoms with Crippen LogP contribution in [-0.4, -0.2) is 66.2 Å². The summed E-state index contributed by atoms with van der Waals surface area (Å²) in [5.41, 5.74) is 2.29. The number of rotatable bonds is 5. The van der Waals surface area contributed by atoms with Crippen molar-refractivity contribution in [2.75, 3.05) is 39.5 Å². The highest BCUT2D eigenvalue weighted by Gasteiger charge is 2.29. The topological polar surface area (TPSA) is 45.3 Å². The van der Waals surface area contributed by atoms with Crippen LogP contribution in [0.4, 0.5) is 0 Å². The van der Waals surface area contributed by atoms with Crippen molar-refractivity contribution in [3.05, 3.63) is 58.6 Å². The maximum atomic E-state index is 12.7. The largest absolute Gasteiger partial charge is 0.454 e. The Labute approximate surface area is 194 Å². The van der Waals surface area contributed by atoms with Crippen molar-refractivity contribution in [3.8, 4) is 11.5 Å². The summed E-state index contributed by atoms with van der Waals surface area (Å²) in [5, 5.41) is 0.736. The average Bonchev–Trinajstić information content (AvgIpc) is 3.20. The molecule has 1 amide bonds. The molecule has 0 N–H and O–H groups in total. The summed E-state index contributed by atoms with van der Waals surface area (Å²) in [7, 11) is 0. The van der Waals surface area contributed by atoms with Crippen LogP contribution < -0.4 is 9.47 Å². The number of benzene rings is 2. The summed E-state index contributed by atoms with van der Waals surface area (Å²) >= 11 is 6.32. The zero-order chi connectivity index (χ0) is 21.9. The lowest BCUT2D eigenvalue weighted by Gasteiger charge is -2.39. The summed E-state index contributed by atoms with van der Waals surface area (Å²) in [6.07, 6.45) is 2.59. The summed E-state index contributed by atoms with van der Waals surface area (Å²) < 4.78 is 10.9. The van der Waals surface area contributed by atoms with Crippen molar-refractivity contribution in [1.29, 1.82) is 0 Å². The molecule has 5 rings (SSSR count). The van der Waals surface area contributed by atoms with Gasteiger partial charge in [0.2, 0.25) is 12.7 Å². The molecule has 0 aliphatic carbocycles. The molecule has 3 aliphatic rings.